The molecule has 0 N–H and O–H groups in total. The lowest BCUT2D eigenvalue weighted by atomic mass is 10.1. The maximum atomic E-state index is 5.57. The van der Waals surface area contributed by atoms with Crippen molar-refractivity contribution in [1.29, 1.82) is 0 Å². The van der Waals surface area contributed by atoms with Gasteiger partial charge in [-0.1, -0.05) is 42.5 Å². The molecule has 0 saturated heterocycles. The van der Waals surface area contributed by atoms with Gasteiger partial charge in [0.2, 0.25) is 0 Å². The Hall–Kier alpha value is -1.34. The molecule has 0 amide bonds. The minimum absolute atomic E-state index is 0.120. The summed E-state index contributed by atoms with van der Waals surface area (Å²) in [5, 5.41) is 0. The van der Waals surface area contributed by atoms with Crippen LogP contribution in [-0.4, -0.2) is 6.61 Å². The van der Waals surface area contributed by atoms with Crippen molar-refractivity contribution in [2.45, 2.75) is 6.10 Å². The molecule has 1 aliphatic carbocycles. The van der Waals surface area contributed by atoms with Crippen molar-refractivity contribution in [1.82, 2.24) is 0 Å². The molecular weight excluding hydrogens is 160 g/mol. The number of benzene rings is 1. The Bertz CT molecular complexity index is 339. The maximum Gasteiger partial charge on any atom is 0.102 e. The third-order valence-electron chi connectivity index (χ3n) is 2.15. The first-order valence-electron chi connectivity index (χ1n) is 4.41. The van der Waals surface area contributed by atoms with Gasteiger partial charge in [0.05, 0.1) is 6.61 Å². The highest BCUT2D eigenvalue weighted by atomic mass is 16.5. The molecule has 0 radical (unpaired) electrons. The van der Waals surface area contributed by atoms with Gasteiger partial charge in [-0.15, -0.1) is 6.58 Å². The Morgan fingerprint density at radius 1 is 1.38 bits per heavy atom. The monoisotopic (exact) mass is 172 g/mol. The molecule has 66 valence electrons. The third-order valence-corrected chi connectivity index (χ3v) is 2.15. The summed E-state index contributed by atoms with van der Waals surface area (Å²) >= 11 is 0. The van der Waals surface area contributed by atoms with Crippen LogP contribution in [0.2, 0.25) is 0 Å². The van der Waals surface area contributed by atoms with E-state index in [4.69, 9.17) is 4.74 Å². The lowest BCUT2D eigenvalue weighted by Gasteiger charge is -2.10. The van der Waals surface area contributed by atoms with E-state index in [1.54, 1.807) is 6.08 Å². The fourth-order valence-corrected chi connectivity index (χ4v) is 1.53. The summed E-state index contributed by atoms with van der Waals surface area (Å²) in [5.74, 6) is 0. The molecule has 1 heteroatoms. The van der Waals surface area contributed by atoms with E-state index in [0.29, 0.717) is 6.61 Å². The van der Waals surface area contributed by atoms with E-state index in [1.807, 2.05) is 12.1 Å². The molecule has 0 bridgehead atoms. The van der Waals surface area contributed by atoms with Gasteiger partial charge in [0.25, 0.3) is 0 Å². The molecule has 0 spiro atoms. The highest BCUT2D eigenvalue weighted by Gasteiger charge is 2.15. The van der Waals surface area contributed by atoms with Crippen LogP contribution in [-0.2, 0) is 4.74 Å². The number of hydrogen-bond acceptors (Lipinski definition) is 1. The quantitative estimate of drug-likeness (QED) is 0.637. The van der Waals surface area contributed by atoms with Gasteiger partial charge in [-0.2, -0.15) is 0 Å². The lowest BCUT2D eigenvalue weighted by Crippen LogP contribution is -1.99. The summed E-state index contributed by atoms with van der Waals surface area (Å²) < 4.78 is 5.57. The minimum atomic E-state index is 0.120. The Morgan fingerprint density at radius 2 is 2.23 bits per heavy atom. The van der Waals surface area contributed by atoms with Crippen molar-refractivity contribution < 1.29 is 4.74 Å². The summed E-state index contributed by atoms with van der Waals surface area (Å²) in [5.41, 5.74) is 2.51. The summed E-state index contributed by atoms with van der Waals surface area (Å²) in [4.78, 5) is 0. The number of rotatable bonds is 3. The van der Waals surface area contributed by atoms with Gasteiger partial charge >= 0.3 is 0 Å². The van der Waals surface area contributed by atoms with Gasteiger partial charge < -0.3 is 4.74 Å². The molecular formula is C12H12O. The summed E-state index contributed by atoms with van der Waals surface area (Å²) in [6.07, 6.45) is 6.07. The van der Waals surface area contributed by atoms with Gasteiger partial charge in [-0.25, -0.2) is 0 Å². The smallest absolute Gasteiger partial charge is 0.102 e. The van der Waals surface area contributed by atoms with E-state index in [9.17, 15) is 0 Å². The van der Waals surface area contributed by atoms with Gasteiger partial charge in [-0.05, 0) is 11.1 Å². The largest absolute Gasteiger partial charge is 0.365 e. The second-order valence-corrected chi connectivity index (χ2v) is 3.03. The van der Waals surface area contributed by atoms with Gasteiger partial charge in [-0.3, -0.25) is 0 Å². The zero-order valence-corrected chi connectivity index (χ0v) is 7.44. The van der Waals surface area contributed by atoms with Crippen LogP contribution in [0.3, 0.4) is 0 Å². The van der Waals surface area contributed by atoms with Crippen LogP contribution in [0.25, 0.3) is 6.08 Å². The molecule has 0 fully saturated rings. The highest BCUT2D eigenvalue weighted by molar-refractivity contribution is 5.61. The molecule has 1 aromatic rings. The normalized spacial score (nSPS) is 18.6. The fourth-order valence-electron chi connectivity index (χ4n) is 1.53. The highest BCUT2D eigenvalue weighted by Crippen LogP contribution is 2.30. The second-order valence-electron chi connectivity index (χ2n) is 3.03. The summed E-state index contributed by atoms with van der Waals surface area (Å²) in [7, 11) is 0. The predicted molar refractivity (Wildman–Crippen MR) is 54.4 cm³/mol. The lowest BCUT2D eigenvalue weighted by molar-refractivity contribution is 0.112. The molecule has 1 aliphatic rings. The standard InChI is InChI=1S/C12H12O/c1-2-9-13-12-8-7-10-5-3-4-6-11(10)12/h2-8,12H,1,9H2. The second kappa shape index (κ2) is 3.58. The minimum Gasteiger partial charge on any atom is -0.365 e. The molecule has 0 saturated carbocycles. The average Bonchev–Trinajstić information content (AvgIpc) is 2.58. The first kappa shape index (κ1) is 8.27. The van der Waals surface area contributed by atoms with E-state index in [2.05, 4.69) is 30.9 Å². The van der Waals surface area contributed by atoms with Crippen LogP contribution in [0.15, 0.2) is 43.0 Å². The molecule has 0 heterocycles. The summed E-state index contributed by atoms with van der Waals surface area (Å²) in [6.45, 7) is 4.23. The van der Waals surface area contributed by atoms with E-state index in [1.165, 1.54) is 11.1 Å². The fraction of sp³-hybridized carbons (Fsp3) is 0.167. The van der Waals surface area contributed by atoms with E-state index in [-0.39, 0.29) is 6.10 Å². The molecule has 13 heavy (non-hydrogen) atoms. The van der Waals surface area contributed by atoms with Crippen molar-refractivity contribution in [3.8, 4) is 0 Å². The zero-order chi connectivity index (χ0) is 9.10. The number of fused-ring (bicyclic) bond motifs is 1. The molecule has 1 unspecified atom stereocenters. The van der Waals surface area contributed by atoms with Crippen molar-refractivity contribution in [2.24, 2.45) is 0 Å². The SMILES string of the molecule is C=CCOC1C=Cc2ccccc21. The van der Waals surface area contributed by atoms with E-state index < -0.39 is 0 Å². The Balaban J connectivity index is 2.18. The first-order valence-corrected chi connectivity index (χ1v) is 4.41. The molecule has 1 atom stereocenters. The average molecular weight is 172 g/mol. The van der Waals surface area contributed by atoms with Gasteiger partial charge in [0.1, 0.15) is 6.10 Å². The third kappa shape index (κ3) is 1.56. The molecule has 1 aromatic carbocycles. The van der Waals surface area contributed by atoms with Crippen LogP contribution in [0, 0.1) is 0 Å². The van der Waals surface area contributed by atoms with E-state index >= 15 is 0 Å². The Labute approximate surface area is 78.3 Å². The van der Waals surface area contributed by atoms with Gasteiger partial charge in [0, 0.05) is 0 Å². The van der Waals surface area contributed by atoms with Crippen molar-refractivity contribution in [3.63, 3.8) is 0 Å². The van der Waals surface area contributed by atoms with Crippen LogP contribution >= 0.6 is 0 Å². The summed E-state index contributed by atoms with van der Waals surface area (Å²) in [6, 6.07) is 8.28. The van der Waals surface area contributed by atoms with Crippen molar-refractivity contribution in [3.05, 3.63) is 54.1 Å². The van der Waals surface area contributed by atoms with Crippen LogP contribution < -0.4 is 0 Å². The molecule has 0 aromatic heterocycles. The molecule has 0 aliphatic heterocycles. The molecule has 2 rings (SSSR count). The topological polar surface area (TPSA) is 9.23 Å². The Kier molecular flexibility index (Phi) is 2.28. The van der Waals surface area contributed by atoms with Crippen LogP contribution in [0.1, 0.15) is 17.2 Å². The predicted octanol–water partition coefficient (Wildman–Crippen LogP) is 2.96. The van der Waals surface area contributed by atoms with Crippen LogP contribution in [0.5, 0.6) is 0 Å². The van der Waals surface area contributed by atoms with Gasteiger partial charge in [0.15, 0.2) is 0 Å². The first-order chi connectivity index (χ1) is 6.42. The van der Waals surface area contributed by atoms with E-state index in [0.717, 1.165) is 0 Å². The van der Waals surface area contributed by atoms with Crippen molar-refractivity contribution in [2.75, 3.05) is 6.61 Å². The van der Waals surface area contributed by atoms with Crippen LogP contribution in [0.4, 0.5) is 0 Å². The molecule has 1 nitrogen and oxygen atoms in total. The maximum absolute atomic E-state index is 5.57. The Morgan fingerprint density at radius 3 is 3.08 bits per heavy atom. The number of ether oxygens (including phenoxy) is 1. The zero-order valence-electron chi connectivity index (χ0n) is 7.44. The number of hydrogen-bond donors (Lipinski definition) is 0. The van der Waals surface area contributed by atoms with Crippen molar-refractivity contribution >= 4 is 6.08 Å².